The molecule has 18 heavy (non-hydrogen) atoms. The quantitative estimate of drug-likeness (QED) is 0.890. The minimum atomic E-state index is -0.302. The predicted molar refractivity (Wildman–Crippen MR) is 71.7 cm³/mol. The van der Waals surface area contributed by atoms with Crippen LogP contribution in [0.5, 0.6) is 0 Å². The van der Waals surface area contributed by atoms with Gasteiger partial charge < -0.3 is 10.7 Å². The summed E-state index contributed by atoms with van der Waals surface area (Å²) in [5.41, 5.74) is 7.12. The zero-order valence-electron chi connectivity index (χ0n) is 9.98. The standard InChI is InChI=1S/C13H14ClN3O/c1-8(15)13-16-10(7-12(18)17-13)6-9-4-2-3-5-11(9)14/h2-5,7-8H,6,15H2,1H3,(H,16,17,18). The first kappa shape index (κ1) is 12.8. The van der Waals surface area contributed by atoms with Gasteiger partial charge in [-0.05, 0) is 18.6 Å². The van der Waals surface area contributed by atoms with E-state index in [-0.39, 0.29) is 11.6 Å². The molecular weight excluding hydrogens is 250 g/mol. The highest BCUT2D eigenvalue weighted by Crippen LogP contribution is 2.17. The van der Waals surface area contributed by atoms with Gasteiger partial charge in [0.15, 0.2) is 0 Å². The second kappa shape index (κ2) is 5.33. The van der Waals surface area contributed by atoms with Crippen LogP contribution in [0.25, 0.3) is 0 Å². The van der Waals surface area contributed by atoms with Gasteiger partial charge in [0.1, 0.15) is 5.82 Å². The van der Waals surface area contributed by atoms with Crippen LogP contribution < -0.4 is 11.3 Å². The summed E-state index contributed by atoms with van der Waals surface area (Å²) in [5.74, 6) is 0.490. The first-order valence-electron chi connectivity index (χ1n) is 5.65. The van der Waals surface area contributed by atoms with Crippen molar-refractivity contribution in [1.82, 2.24) is 9.97 Å². The molecule has 0 saturated carbocycles. The van der Waals surface area contributed by atoms with Crippen LogP contribution in [0.2, 0.25) is 5.02 Å². The summed E-state index contributed by atoms with van der Waals surface area (Å²) in [7, 11) is 0. The van der Waals surface area contributed by atoms with Crippen LogP contribution >= 0.6 is 11.6 Å². The van der Waals surface area contributed by atoms with E-state index in [9.17, 15) is 4.79 Å². The molecular formula is C13H14ClN3O. The van der Waals surface area contributed by atoms with E-state index in [0.717, 1.165) is 5.56 Å². The van der Waals surface area contributed by atoms with E-state index in [2.05, 4.69) is 9.97 Å². The average molecular weight is 264 g/mol. The molecule has 1 aromatic carbocycles. The Hall–Kier alpha value is -1.65. The number of nitrogens with two attached hydrogens (primary N) is 1. The summed E-state index contributed by atoms with van der Waals surface area (Å²) in [6, 6.07) is 8.66. The van der Waals surface area contributed by atoms with Crippen molar-refractivity contribution in [3.05, 3.63) is 62.8 Å². The summed E-state index contributed by atoms with van der Waals surface area (Å²) in [4.78, 5) is 18.5. The molecule has 0 aliphatic heterocycles. The van der Waals surface area contributed by atoms with Crippen LogP contribution in [0, 0.1) is 0 Å². The number of aromatic amines is 1. The highest BCUT2D eigenvalue weighted by Gasteiger charge is 2.07. The van der Waals surface area contributed by atoms with Gasteiger partial charge in [-0.25, -0.2) is 4.98 Å². The van der Waals surface area contributed by atoms with E-state index in [0.29, 0.717) is 23.0 Å². The molecule has 0 bridgehead atoms. The van der Waals surface area contributed by atoms with E-state index >= 15 is 0 Å². The lowest BCUT2D eigenvalue weighted by atomic mass is 10.1. The third-order valence-corrected chi connectivity index (χ3v) is 2.94. The fraction of sp³-hybridized carbons (Fsp3) is 0.231. The Labute approximate surface area is 110 Å². The molecule has 0 radical (unpaired) electrons. The number of H-pyrrole nitrogens is 1. The van der Waals surface area contributed by atoms with Crippen LogP contribution in [0.3, 0.4) is 0 Å². The number of halogens is 1. The van der Waals surface area contributed by atoms with Gasteiger partial charge in [0.25, 0.3) is 5.56 Å². The largest absolute Gasteiger partial charge is 0.322 e. The molecule has 0 spiro atoms. The molecule has 0 saturated heterocycles. The van der Waals surface area contributed by atoms with Crippen molar-refractivity contribution in [2.24, 2.45) is 5.73 Å². The molecule has 1 heterocycles. The zero-order valence-corrected chi connectivity index (χ0v) is 10.7. The number of rotatable bonds is 3. The van der Waals surface area contributed by atoms with Crippen LogP contribution in [0.1, 0.15) is 30.0 Å². The van der Waals surface area contributed by atoms with Gasteiger partial charge in [0.05, 0.1) is 11.7 Å². The van der Waals surface area contributed by atoms with Gasteiger partial charge in [-0.1, -0.05) is 29.8 Å². The third-order valence-electron chi connectivity index (χ3n) is 2.57. The molecule has 4 nitrogen and oxygen atoms in total. The molecule has 0 aliphatic rings. The molecule has 2 rings (SSSR count). The minimum absolute atomic E-state index is 0.195. The number of hydrogen-bond donors (Lipinski definition) is 2. The topological polar surface area (TPSA) is 71.8 Å². The average Bonchev–Trinajstić information content (AvgIpc) is 2.31. The molecule has 2 aromatic rings. The number of nitrogens with one attached hydrogen (secondary N) is 1. The number of benzene rings is 1. The van der Waals surface area contributed by atoms with Gasteiger partial charge in [-0.3, -0.25) is 4.79 Å². The highest BCUT2D eigenvalue weighted by atomic mass is 35.5. The van der Waals surface area contributed by atoms with Crippen molar-refractivity contribution < 1.29 is 0 Å². The molecule has 1 atom stereocenters. The van der Waals surface area contributed by atoms with Crippen molar-refractivity contribution in [2.75, 3.05) is 0 Å². The molecule has 3 N–H and O–H groups in total. The Morgan fingerprint density at radius 1 is 1.44 bits per heavy atom. The Morgan fingerprint density at radius 2 is 2.17 bits per heavy atom. The normalized spacial score (nSPS) is 12.4. The fourth-order valence-corrected chi connectivity index (χ4v) is 1.87. The lowest BCUT2D eigenvalue weighted by Crippen LogP contribution is -2.18. The van der Waals surface area contributed by atoms with Crippen LogP contribution in [0.15, 0.2) is 35.1 Å². The van der Waals surface area contributed by atoms with Crippen molar-refractivity contribution in [1.29, 1.82) is 0 Å². The predicted octanol–water partition coefficient (Wildman–Crippen LogP) is 2.03. The van der Waals surface area contributed by atoms with E-state index in [1.807, 2.05) is 24.3 Å². The number of nitrogens with zero attached hydrogens (tertiary/aromatic N) is 1. The van der Waals surface area contributed by atoms with E-state index in [1.54, 1.807) is 6.92 Å². The Balaban J connectivity index is 2.35. The molecule has 5 heteroatoms. The Morgan fingerprint density at radius 3 is 2.83 bits per heavy atom. The van der Waals surface area contributed by atoms with Gasteiger partial charge in [0.2, 0.25) is 0 Å². The van der Waals surface area contributed by atoms with E-state index in [4.69, 9.17) is 17.3 Å². The minimum Gasteiger partial charge on any atom is -0.322 e. The lowest BCUT2D eigenvalue weighted by Gasteiger charge is -2.07. The summed E-state index contributed by atoms with van der Waals surface area (Å²) in [5, 5.41) is 0.668. The maximum atomic E-state index is 11.5. The van der Waals surface area contributed by atoms with Gasteiger partial charge in [-0.2, -0.15) is 0 Å². The molecule has 0 fully saturated rings. The summed E-state index contributed by atoms with van der Waals surface area (Å²) < 4.78 is 0. The summed E-state index contributed by atoms with van der Waals surface area (Å²) >= 11 is 6.08. The van der Waals surface area contributed by atoms with Crippen molar-refractivity contribution in [3.8, 4) is 0 Å². The van der Waals surface area contributed by atoms with Gasteiger partial charge in [-0.15, -0.1) is 0 Å². The van der Waals surface area contributed by atoms with Crippen molar-refractivity contribution in [3.63, 3.8) is 0 Å². The highest BCUT2D eigenvalue weighted by molar-refractivity contribution is 6.31. The second-order valence-electron chi connectivity index (χ2n) is 4.18. The van der Waals surface area contributed by atoms with E-state index in [1.165, 1.54) is 6.07 Å². The molecule has 0 aliphatic carbocycles. The van der Waals surface area contributed by atoms with Crippen molar-refractivity contribution in [2.45, 2.75) is 19.4 Å². The smallest absolute Gasteiger partial charge is 0.251 e. The summed E-state index contributed by atoms with van der Waals surface area (Å²) in [6.07, 6.45) is 0.517. The Bertz CT molecular complexity index is 607. The van der Waals surface area contributed by atoms with Crippen LogP contribution in [0.4, 0.5) is 0 Å². The van der Waals surface area contributed by atoms with Crippen molar-refractivity contribution >= 4 is 11.6 Å². The summed E-state index contributed by atoms with van der Waals surface area (Å²) in [6.45, 7) is 1.78. The number of hydrogen-bond acceptors (Lipinski definition) is 3. The van der Waals surface area contributed by atoms with Crippen LogP contribution in [-0.2, 0) is 6.42 Å². The second-order valence-corrected chi connectivity index (χ2v) is 4.59. The maximum Gasteiger partial charge on any atom is 0.251 e. The Kier molecular flexibility index (Phi) is 3.79. The number of aromatic nitrogens is 2. The zero-order chi connectivity index (χ0) is 13.1. The van der Waals surface area contributed by atoms with Gasteiger partial charge >= 0.3 is 0 Å². The first-order valence-corrected chi connectivity index (χ1v) is 6.03. The molecule has 1 unspecified atom stereocenters. The molecule has 1 aromatic heterocycles. The lowest BCUT2D eigenvalue weighted by molar-refractivity contribution is 0.722. The SMILES string of the molecule is CC(N)c1nc(Cc2ccccc2Cl)cc(=O)[nH]1. The fourth-order valence-electron chi connectivity index (χ4n) is 1.67. The molecule has 94 valence electrons. The third kappa shape index (κ3) is 2.97. The van der Waals surface area contributed by atoms with Crippen LogP contribution in [-0.4, -0.2) is 9.97 Å². The maximum absolute atomic E-state index is 11.5. The monoisotopic (exact) mass is 263 g/mol. The van der Waals surface area contributed by atoms with E-state index < -0.39 is 0 Å². The van der Waals surface area contributed by atoms with Gasteiger partial charge in [0, 0.05) is 17.5 Å². The first-order chi connectivity index (χ1) is 8.56. The molecule has 0 amide bonds.